The van der Waals surface area contributed by atoms with Gasteiger partial charge in [0, 0.05) is 23.3 Å². The smallest absolute Gasteiger partial charge is 0.313 e. The molecule has 0 atom stereocenters. The zero-order chi connectivity index (χ0) is 21.1. The number of carbonyl (C=O) groups excluding carboxylic acids is 2. The highest BCUT2D eigenvalue weighted by Gasteiger charge is 2.33. The zero-order valence-electron chi connectivity index (χ0n) is 16.7. The molecule has 0 spiro atoms. The molecular weight excluding hydrogens is 380 g/mol. The number of benzene rings is 1. The van der Waals surface area contributed by atoms with Gasteiger partial charge in [0.15, 0.2) is 5.69 Å². The fourth-order valence-electron chi connectivity index (χ4n) is 2.33. The van der Waals surface area contributed by atoms with Gasteiger partial charge in [0.05, 0.1) is 5.41 Å². The number of hydrogen-bond donors (Lipinski definition) is 2. The van der Waals surface area contributed by atoms with Crippen molar-refractivity contribution in [2.24, 2.45) is 5.41 Å². The summed E-state index contributed by atoms with van der Waals surface area (Å²) in [4.78, 5) is 28.8. The van der Waals surface area contributed by atoms with E-state index in [9.17, 15) is 14.7 Å². The van der Waals surface area contributed by atoms with E-state index >= 15 is 0 Å². The van der Waals surface area contributed by atoms with Gasteiger partial charge in [-0.2, -0.15) is 0 Å². The lowest BCUT2D eigenvalue weighted by atomic mass is 9.93. The van der Waals surface area contributed by atoms with Gasteiger partial charge in [0.1, 0.15) is 11.4 Å². The van der Waals surface area contributed by atoms with Gasteiger partial charge in [0.25, 0.3) is 5.91 Å². The van der Waals surface area contributed by atoms with E-state index in [4.69, 9.17) is 16.3 Å². The van der Waals surface area contributed by atoms with E-state index in [1.165, 1.54) is 12.3 Å². The monoisotopic (exact) mass is 404 g/mol. The SMILES string of the molecule is CC(C)(C)OC(=O)C(C)(C)CNC(=O)c1ncc(-c2cccc(Cl)c2)cc1O. The number of pyridine rings is 1. The second-order valence-electron chi connectivity index (χ2n) is 8.17. The number of carbonyl (C=O) groups is 2. The minimum Gasteiger partial charge on any atom is -0.505 e. The molecule has 0 fully saturated rings. The zero-order valence-corrected chi connectivity index (χ0v) is 17.4. The van der Waals surface area contributed by atoms with Gasteiger partial charge in [-0.3, -0.25) is 9.59 Å². The Labute approximate surface area is 169 Å². The Bertz CT molecular complexity index is 888. The van der Waals surface area contributed by atoms with E-state index in [0.717, 1.165) is 5.56 Å². The molecule has 1 heterocycles. The van der Waals surface area contributed by atoms with Crippen LogP contribution in [0.4, 0.5) is 0 Å². The molecule has 2 aromatic rings. The number of rotatable bonds is 5. The van der Waals surface area contributed by atoms with Crippen LogP contribution in [-0.2, 0) is 9.53 Å². The van der Waals surface area contributed by atoms with Crippen molar-refractivity contribution in [2.45, 2.75) is 40.2 Å². The molecule has 0 aliphatic carbocycles. The largest absolute Gasteiger partial charge is 0.505 e. The van der Waals surface area contributed by atoms with Crippen LogP contribution >= 0.6 is 11.6 Å². The highest BCUT2D eigenvalue weighted by Crippen LogP contribution is 2.27. The van der Waals surface area contributed by atoms with Crippen LogP contribution in [0, 0.1) is 5.41 Å². The maximum atomic E-state index is 12.4. The Balaban J connectivity index is 2.09. The van der Waals surface area contributed by atoms with Gasteiger partial charge in [-0.05, 0) is 58.4 Å². The number of ether oxygens (including phenoxy) is 1. The average Bonchev–Trinajstić information content (AvgIpc) is 2.58. The first kappa shape index (κ1) is 21.7. The average molecular weight is 405 g/mol. The molecule has 0 aliphatic heterocycles. The van der Waals surface area contributed by atoms with Crippen LogP contribution in [0.2, 0.25) is 5.02 Å². The van der Waals surface area contributed by atoms with Gasteiger partial charge in [-0.1, -0.05) is 23.7 Å². The summed E-state index contributed by atoms with van der Waals surface area (Å²) in [5, 5.41) is 13.4. The highest BCUT2D eigenvalue weighted by atomic mass is 35.5. The van der Waals surface area contributed by atoms with Crippen molar-refractivity contribution in [1.82, 2.24) is 10.3 Å². The number of aromatic hydroxyl groups is 1. The van der Waals surface area contributed by atoms with Gasteiger partial charge < -0.3 is 15.2 Å². The maximum Gasteiger partial charge on any atom is 0.313 e. The van der Waals surface area contributed by atoms with E-state index in [2.05, 4.69) is 10.3 Å². The molecule has 1 amide bonds. The molecule has 0 saturated heterocycles. The number of hydrogen-bond acceptors (Lipinski definition) is 5. The molecule has 2 rings (SSSR count). The number of nitrogens with zero attached hydrogens (tertiary/aromatic N) is 1. The summed E-state index contributed by atoms with van der Waals surface area (Å²) in [6, 6.07) is 8.54. The summed E-state index contributed by atoms with van der Waals surface area (Å²) in [6.07, 6.45) is 1.49. The molecule has 0 bridgehead atoms. The van der Waals surface area contributed by atoms with Crippen LogP contribution in [0.25, 0.3) is 11.1 Å². The van der Waals surface area contributed by atoms with Crippen LogP contribution in [0.1, 0.15) is 45.1 Å². The topological polar surface area (TPSA) is 88.5 Å². The Hall–Kier alpha value is -2.60. The van der Waals surface area contributed by atoms with Crippen LogP contribution < -0.4 is 5.32 Å². The molecule has 6 nitrogen and oxygen atoms in total. The normalized spacial score (nSPS) is 11.8. The third-order valence-corrected chi connectivity index (χ3v) is 4.12. The van der Waals surface area contributed by atoms with Gasteiger partial charge in [0.2, 0.25) is 0 Å². The molecule has 7 heteroatoms. The molecule has 0 radical (unpaired) electrons. The van der Waals surface area contributed by atoms with E-state index in [1.807, 2.05) is 6.07 Å². The third kappa shape index (κ3) is 5.70. The van der Waals surface area contributed by atoms with Crippen LogP contribution in [-0.4, -0.2) is 34.1 Å². The number of nitrogens with one attached hydrogen (secondary N) is 1. The van der Waals surface area contributed by atoms with Crippen molar-refractivity contribution in [3.63, 3.8) is 0 Å². The van der Waals surface area contributed by atoms with Gasteiger partial charge in [-0.25, -0.2) is 4.98 Å². The highest BCUT2D eigenvalue weighted by molar-refractivity contribution is 6.30. The van der Waals surface area contributed by atoms with E-state index in [0.29, 0.717) is 10.6 Å². The summed E-state index contributed by atoms with van der Waals surface area (Å²) in [5.41, 5.74) is -0.266. The van der Waals surface area contributed by atoms with E-state index in [1.54, 1.807) is 52.8 Å². The third-order valence-electron chi connectivity index (χ3n) is 3.88. The summed E-state index contributed by atoms with van der Waals surface area (Å²) in [6.45, 7) is 8.74. The summed E-state index contributed by atoms with van der Waals surface area (Å²) < 4.78 is 5.37. The standard InChI is InChI=1S/C21H25ClN2O4/c1-20(2,3)28-19(27)21(4,5)12-24-18(26)17-16(25)10-14(11-23-17)13-7-6-8-15(22)9-13/h6-11,25H,12H2,1-5H3,(H,24,26). The quantitative estimate of drug-likeness (QED) is 0.729. The molecule has 0 aliphatic rings. The number of halogens is 1. The Morgan fingerprint density at radius 2 is 1.82 bits per heavy atom. The second kappa shape index (κ2) is 8.19. The van der Waals surface area contributed by atoms with Crippen molar-refractivity contribution >= 4 is 23.5 Å². The first-order chi connectivity index (χ1) is 12.9. The van der Waals surface area contributed by atoms with Crippen LogP contribution in [0.3, 0.4) is 0 Å². The first-order valence-electron chi connectivity index (χ1n) is 8.86. The number of esters is 1. The fraction of sp³-hybridized carbons (Fsp3) is 0.381. The Morgan fingerprint density at radius 1 is 1.14 bits per heavy atom. The predicted octanol–water partition coefficient (Wildman–Crippen LogP) is 4.21. The van der Waals surface area contributed by atoms with Gasteiger partial charge in [-0.15, -0.1) is 0 Å². The Morgan fingerprint density at radius 3 is 2.39 bits per heavy atom. The summed E-state index contributed by atoms with van der Waals surface area (Å²) in [5.74, 6) is -1.26. The minimum atomic E-state index is -0.931. The predicted molar refractivity (Wildman–Crippen MR) is 108 cm³/mol. The molecule has 28 heavy (non-hydrogen) atoms. The fourth-order valence-corrected chi connectivity index (χ4v) is 2.52. The first-order valence-corrected chi connectivity index (χ1v) is 9.23. The molecule has 150 valence electrons. The lowest BCUT2D eigenvalue weighted by Crippen LogP contribution is -2.42. The van der Waals surface area contributed by atoms with Crippen LogP contribution in [0.5, 0.6) is 5.75 Å². The summed E-state index contributed by atoms with van der Waals surface area (Å²) >= 11 is 5.98. The van der Waals surface area contributed by atoms with Crippen LogP contribution in [0.15, 0.2) is 36.5 Å². The van der Waals surface area contributed by atoms with Crippen molar-refractivity contribution < 1.29 is 19.4 Å². The van der Waals surface area contributed by atoms with Crippen molar-refractivity contribution in [3.05, 3.63) is 47.2 Å². The second-order valence-corrected chi connectivity index (χ2v) is 8.61. The number of amides is 1. The lowest BCUT2D eigenvalue weighted by molar-refractivity contribution is -0.165. The molecule has 0 unspecified atom stereocenters. The van der Waals surface area contributed by atoms with Crippen molar-refractivity contribution in [2.75, 3.05) is 6.54 Å². The molecule has 1 aromatic heterocycles. The molecular formula is C21H25ClN2O4. The van der Waals surface area contributed by atoms with Gasteiger partial charge >= 0.3 is 5.97 Å². The van der Waals surface area contributed by atoms with E-state index in [-0.39, 0.29) is 18.0 Å². The molecule has 1 aromatic carbocycles. The maximum absolute atomic E-state index is 12.4. The Kier molecular flexibility index (Phi) is 6.34. The van der Waals surface area contributed by atoms with E-state index < -0.39 is 22.9 Å². The van der Waals surface area contributed by atoms with Crippen molar-refractivity contribution in [3.8, 4) is 16.9 Å². The van der Waals surface area contributed by atoms with Crippen molar-refractivity contribution in [1.29, 1.82) is 0 Å². The minimum absolute atomic E-state index is 0.0396. The number of aromatic nitrogens is 1. The summed E-state index contributed by atoms with van der Waals surface area (Å²) in [7, 11) is 0. The lowest BCUT2D eigenvalue weighted by Gasteiger charge is -2.28. The molecule has 2 N–H and O–H groups in total. The molecule has 0 saturated carbocycles.